The Morgan fingerprint density at radius 2 is 1.94 bits per heavy atom. The Morgan fingerprint density at radius 3 is 2.58 bits per heavy atom. The standard InChI is InChI=1S/C24H24F2N4O3/c1-13-21(30-12-29(11-14-4-5-14)23(31)22(30)28-13)16-7-8-17(20(26)19(16)25)33-18-9-6-15(10-27-18)24(2,3)32/h6-10,14,32H,4-5,11-12H2,1-3H3. The summed E-state index contributed by atoms with van der Waals surface area (Å²) >= 11 is 0. The first-order valence-electron chi connectivity index (χ1n) is 10.8. The predicted octanol–water partition coefficient (Wildman–Crippen LogP) is 4.37. The Bertz CT molecular complexity index is 1240. The second kappa shape index (κ2) is 7.62. The molecule has 1 aromatic carbocycles. The van der Waals surface area contributed by atoms with Crippen LogP contribution in [0.4, 0.5) is 8.78 Å². The van der Waals surface area contributed by atoms with Gasteiger partial charge in [0.25, 0.3) is 5.91 Å². The molecule has 1 N–H and O–H groups in total. The number of carbonyl (C=O) groups is 1. The summed E-state index contributed by atoms with van der Waals surface area (Å²) in [6.45, 7) is 5.84. The summed E-state index contributed by atoms with van der Waals surface area (Å²) in [5, 5.41) is 10.0. The topological polar surface area (TPSA) is 80.5 Å². The van der Waals surface area contributed by atoms with Crippen molar-refractivity contribution in [2.45, 2.75) is 45.9 Å². The summed E-state index contributed by atoms with van der Waals surface area (Å²) in [6.07, 6.45) is 3.63. The van der Waals surface area contributed by atoms with E-state index in [-0.39, 0.29) is 35.6 Å². The number of aryl methyl sites for hydroxylation is 1. The van der Waals surface area contributed by atoms with E-state index in [2.05, 4.69) is 9.97 Å². The van der Waals surface area contributed by atoms with E-state index in [9.17, 15) is 14.3 Å². The van der Waals surface area contributed by atoms with Gasteiger partial charge >= 0.3 is 0 Å². The number of nitrogens with zero attached hydrogens (tertiary/aromatic N) is 4. The first-order valence-corrected chi connectivity index (χ1v) is 10.8. The number of imidazole rings is 1. The number of ether oxygens (including phenoxy) is 1. The van der Waals surface area contributed by atoms with Gasteiger partial charge < -0.3 is 19.3 Å². The number of amides is 1. The molecule has 0 bridgehead atoms. The Labute approximate surface area is 189 Å². The van der Waals surface area contributed by atoms with Crippen LogP contribution < -0.4 is 4.74 Å². The minimum absolute atomic E-state index is 0.0162. The number of hydrogen-bond donors (Lipinski definition) is 1. The average molecular weight is 454 g/mol. The van der Waals surface area contributed by atoms with Crippen molar-refractivity contribution in [1.29, 1.82) is 0 Å². The maximum atomic E-state index is 15.2. The van der Waals surface area contributed by atoms with Gasteiger partial charge in [0.1, 0.15) is 0 Å². The maximum Gasteiger partial charge on any atom is 0.291 e. The van der Waals surface area contributed by atoms with Gasteiger partial charge in [-0.3, -0.25) is 4.79 Å². The highest BCUT2D eigenvalue weighted by Crippen LogP contribution is 2.37. The van der Waals surface area contributed by atoms with Gasteiger partial charge in [-0.1, -0.05) is 0 Å². The molecule has 1 fully saturated rings. The summed E-state index contributed by atoms with van der Waals surface area (Å²) in [6, 6.07) is 5.84. The number of fused-ring (bicyclic) bond motifs is 1. The van der Waals surface area contributed by atoms with Crippen LogP contribution >= 0.6 is 0 Å². The van der Waals surface area contributed by atoms with Gasteiger partial charge in [-0.05, 0) is 57.7 Å². The zero-order chi connectivity index (χ0) is 23.5. The summed E-state index contributed by atoms with van der Waals surface area (Å²) in [5.74, 6) is -1.91. The lowest BCUT2D eigenvalue weighted by Gasteiger charge is -2.17. The van der Waals surface area contributed by atoms with Gasteiger partial charge in [-0.15, -0.1) is 0 Å². The summed E-state index contributed by atoms with van der Waals surface area (Å²) in [7, 11) is 0. The Hall–Kier alpha value is -3.33. The van der Waals surface area contributed by atoms with Crippen molar-refractivity contribution >= 4 is 5.91 Å². The van der Waals surface area contributed by atoms with Crippen LogP contribution in [0.15, 0.2) is 30.5 Å². The first kappa shape index (κ1) is 21.5. The number of rotatable bonds is 6. The van der Waals surface area contributed by atoms with Crippen molar-refractivity contribution in [3.63, 3.8) is 0 Å². The molecule has 5 rings (SSSR count). The maximum absolute atomic E-state index is 15.2. The molecular formula is C24H24F2N4O3. The minimum atomic E-state index is -1.16. The summed E-state index contributed by atoms with van der Waals surface area (Å²) < 4.78 is 37.2. The number of halogens is 2. The molecule has 3 heterocycles. The van der Waals surface area contributed by atoms with Crippen molar-refractivity contribution in [3.8, 4) is 22.9 Å². The van der Waals surface area contributed by atoms with Crippen LogP contribution in [0.5, 0.6) is 11.6 Å². The summed E-state index contributed by atoms with van der Waals surface area (Å²) in [4.78, 5) is 22.8. The number of aliphatic hydroxyl groups is 1. The van der Waals surface area contributed by atoms with Crippen LogP contribution in [-0.2, 0) is 12.3 Å². The third-order valence-electron chi connectivity index (χ3n) is 6.07. The molecule has 0 spiro atoms. The third kappa shape index (κ3) is 3.86. The highest BCUT2D eigenvalue weighted by molar-refractivity contribution is 5.94. The number of carbonyl (C=O) groups excluding carboxylic acids is 1. The third-order valence-corrected chi connectivity index (χ3v) is 6.07. The summed E-state index contributed by atoms with van der Waals surface area (Å²) in [5.41, 5.74) is 0.339. The molecule has 1 aliphatic carbocycles. The fourth-order valence-corrected chi connectivity index (χ4v) is 4.05. The Morgan fingerprint density at radius 1 is 1.18 bits per heavy atom. The van der Waals surface area contributed by atoms with Gasteiger partial charge in [0.05, 0.1) is 23.7 Å². The van der Waals surface area contributed by atoms with Gasteiger partial charge in [-0.25, -0.2) is 14.4 Å². The predicted molar refractivity (Wildman–Crippen MR) is 116 cm³/mol. The molecule has 2 aromatic heterocycles. The molecule has 9 heteroatoms. The highest BCUT2D eigenvalue weighted by atomic mass is 19.2. The normalized spacial score (nSPS) is 15.8. The average Bonchev–Trinajstić information content (AvgIpc) is 3.46. The zero-order valence-electron chi connectivity index (χ0n) is 18.6. The van der Waals surface area contributed by atoms with Crippen LogP contribution in [0.25, 0.3) is 11.3 Å². The first-order chi connectivity index (χ1) is 15.6. The molecule has 2 aliphatic rings. The number of pyridine rings is 1. The molecule has 0 saturated heterocycles. The lowest BCUT2D eigenvalue weighted by molar-refractivity contribution is 0.0756. The molecule has 0 radical (unpaired) electrons. The van der Waals surface area contributed by atoms with Crippen LogP contribution in [0.1, 0.15) is 48.6 Å². The smallest absolute Gasteiger partial charge is 0.291 e. The fraction of sp³-hybridized carbons (Fsp3) is 0.375. The van der Waals surface area contributed by atoms with Gasteiger partial charge in [0.2, 0.25) is 17.5 Å². The zero-order valence-corrected chi connectivity index (χ0v) is 18.6. The quantitative estimate of drug-likeness (QED) is 0.598. The molecule has 3 aromatic rings. The van der Waals surface area contributed by atoms with E-state index in [1.165, 1.54) is 24.4 Å². The molecule has 1 amide bonds. The number of hydrogen-bond acceptors (Lipinski definition) is 5. The highest BCUT2D eigenvalue weighted by Gasteiger charge is 2.37. The molecule has 0 unspecified atom stereocenters. The van der Waals surface area contributed by atoms with Crippen LogP contribution in [0.2, 0.25) is 0 Å². The molecule has 1 aliphatic heterocycles. The van der Waals surface area contributed by atoms with E-state index in [1.807, 2.05) is 0 Å². The largest absolute Gasteiger partial charge is 0.436 e. The molecule has 1 saturated carbocycles. The molecule has 33 heavy (non-hydrogen) atoms. The van der Waals surface area contributed by atoms with Crippen LogP contribution in [0.3, 0.4) is 0 Å². The second-order valence-corrected chi connectivity index (χ2v) is 9.20. The van der Waals surface area contributed by atoms with Crippen molar-refractivity contribution in [2.75, 3.05) is 6.54 Å². The number of aromatic nitrogens is 3. The van der Waals surface area contributed by atoms with E-state index in [4.69, 9.17) is 4.74 Å². The second-order valence-electron chi connectivity index (χ2n) is 9.20. The van der Waals surface area contributed by atoms with E-state index in [1.54, 1.807) is 36.3 Å². The Kier molecular flexibility index (Phi) is 4.97. The monoisotopic (exact) mass is 454 g/mol. The van der Waals surface area contributed by atoms with Crippen molar-refractivity contribution in [3.05, 3.63) is 59.2 Å². The molecule has 0 atom stereocenters. The van der Waals surface area contributed by atoms with Crippen molar-refractivity contribution in [1.82, 2.24) is 19.4 Å². The molecule has 172 valence electrons. The lowest BCUT2D eigenvalue weighted by Crippen LogP contribution is -2.27. The minimum Gasteiger partial charge on any atom is -0.436 e. The fourth-order valence-electron chi connectivity index (χ4n) is 4.05. The van der Waals surface area contributed by atoms with Gasteiger partial charge in [-0.2, -0.15) is 4.39 Å². The van der Waals surface area contributed by atoms with Crippen LogP contribution in [0, 0.1) is 24.5 Å². The van der Waals surface area contributed by atoms with Crippen molar-refractivity contribution in [2.24, 2.45) is 5.92 Å². The van der Waals surface area contributed by atoms with E-state index in [0.717, 1.165) is 12.8 Å². The van der Waals surface area contributed by atoms with Gasteiger partial charge in [0, 0.05) is 29.9 Å². The molecule has 7 nitrogen and oxygen atoms in total. The van der Waals surface area contributed by atoms with E-state index in [0.29, 0.717) is 29.4 Å². The van der Waals surface area contributed by atoms with Crippen molar-refractivity contribution < 1.29 is 23.4 Å². The lowest BCUT2D eigenvalue weighted by atomic mass is 10.0. The Balaban J connectivity index is 1.43. The SMILES string of the molecule is Cc1nc2n(c1-c1ccc(Oc3ccc(C(C)(C)O)cn3)c(F)c1F)CN(CC1CC1)C2=O. The van der Waals surface area contributed by atoms with Gasteiger partial charge in [0.15, 0.2) is 11.6 Å². The van der Waals surface area contributed by atoms with E-state index < -0.39 is 17.2 Å². The van der Waals surface area contributed by atoms with E-state index >= 15 is 4.39 Å². The van der Waals surface area contributed by atoms with Crippen LogP contribution in [-0.4, -0.2) is 37.0 Å². The molecular weight excluding hydrogens is 430 g/mol. The number of benzene rings is 1.